The molecule has 0 N–H and O–H groups in total. The molecule has 0 aromatic rings. The van der Waals surface area contributed by atoms with Gasteiger partial charge in [0.25, 0.3) is 0 Å². The van der Waals surface area contributed by atoms with E-state index < -0.39 is 0 Å². The van der Waals surface area contributed by atoms with Crippen molar-refractivity contribution in [2.45, 2.75) is 155 Å². The number of hydrogen-bond acceptors (Lipinski definition) is 2. The summed E-state index contributed by atoms with van der Waals surface area (Å²) in [6, 6.07) is 0. The molecule has 0 spiro atoms. The van der Waals surface area contributed by atoms with Crippen molar-refractivity contribution >= 4 is 0 Å². The Morgan fingerprint density at radius 1 is 0.500 bits per heavy atom. The highest BCUT2D eigenvalue weighted by molar-refractivity contribution is 4.95. The fraction of sp³-hybridized carbons (Fsp3) is 0.929. The van der Waals surface area contributed by atoms with Crippen molar-refractivity contribution in [3.63, 3.8) is 0 Å². The van der Waals surface area contributed by atoms with Gasteiger partial charge in [-0.3, -0.25) is 0 Å². The first-order chi connectivity index (χ1) is 14.8. The second-order valence-electron chi connectivity index (χ2n) is 9.83. The second-order valence-corrected chi connectivity index (χ2v) is 9.83. The number of unbranched alkanes of at least 4 members (excludes halogenated alkanes) is 18. The molecule has 2 heteroatoms. The molecular weight excluding hydrogens is 364 g/mol. The van der Waals surface area contributed by atoms with Crippen LogP contribution in [0, 0.1) is 0 Å². The van der Waals surface area contributed by atoms with Gasteiger partial charge in [-0.25, -0.2) is 0 Å². The fourth-order valence-electron chi connectivity index (χ4n) is 4.81. The average Bonchev–Trinajstić information content (AvgIpc) is 3.10. The summed E-state index contributed by atoms with van der Waals surface area (Å²) < 4.78 is 0. The zero-order chi connectivity index (χ0) is 21.7. The minimum atomic E-state index is 0.623. The van der Waals surface area contributed by atoms with Crippen LogP contribution in [0.3, 0.4) is 0 Å². The highest BCUT2D eigenvalue weighted by Gasteiger charge is 2.22. The summed E-state index contributed by atoms with van der Waals surface area (Å²) in [5.74, 6) is 0. The zero-order valence-electron chi connectivity index (χ0n) is 21.2. The van der Waals surface area contributed by atoms with Gasteiger partial charge in [0.1, 0.15) is 6.17 Å². The molecule has 0 aromatic heterocycles. The molecule has 178 valence electrons. The molecule has 0 amide bonds. The molecule has 0 radical (unpaired) electrons. The van der Waals surface area contributed by atoms with Crippen LogP contribution in [0.2, 0.25) is 0 Å². The highest BCUT2D eigenvalue weighted by Crippen LogP contribution is 2.21. The first-order valence-corrected chi connectivity index (χ1v) is 14.0. The van der Waals surface area contributed by atoms with E-state index in [-0.39, 0.29) is 0 Å². The van der Waals surface area contributed by atoms with Crippen molar-refractivity contribution < 1.29 is 0 Å². The smallest absolute Gasteiger partial charge is 0.100 e. The summed E-state index contributed by atoms with van der Waals surface area (Å²) >= 11 is 0. The van der Waals surface area contributed by atoms with Crippen LogP contribution in [0.4, 0.5) is 0 Å². The van der Waals surface area contributed by atoms with E-state index in [1.165, 1.54) is 141 Å². The molecule has 1 heterocycles. The Morgan fingerprint density at radius 3 is 1.37 bits per heavy atom. The summed E-state index contributed by atoms with van der Waals surface area (Å²) in [7, 11) is 2.24. The minimum Gasteiger partial charge on any atom is -0.359 e. The second kappa shape index (κ2) is 20.3. The fourth-order valence-corrected chi connectivity index (χ4v) is 4.81. The van der Waals surface area contributed by atoms with E-state index in [2.05, 4.69) is 43.1 Å². The molecule has 1 rings (SSSR count). The lowest BCUT2D eigenvalue weighted by Gasteiger charge is -2.30. The summed E-state index contributed by atoms with van der Waals surface area (Å²) in [4.78, 5) is 4.99. The third-order valence-electron chi connectivity index (χ3n) is 6.93. The van der Waals surface area contributed by atoms with Crippen molar-refractivity contribution in [3.05, 3.63) is 12.4 Å². The van der Waals surface area contributed by atoms with Gasteiger partial charge in [-0.15, -0.1) is 0 Å². The predicted molar refractivity (Wildman–Crippen MR) is 136 cm³/mol. The van der Waals surface area contributed by atoms with Crippen LogP contribution in [-0.4, -0.2) is 29.6 Å². The van der Waals surface area contributed by atoms with Gasteiger partial charge in [-0.05, 0) is 19.3 Å². The molecule has 0 bridgehead atoms. The van der Waals surface area contributed by atoms with Crippen LogP contribution < -0.4 is 0 Å². The molecule has 1 aliphatic heterocycles. The molecule has 2 nitrogen and oxygen atoms in total. The van der Waals surface area contributed by atoms with E-state index in [1.807, 2.05) is 0 Å². The third kappa shape index (κ3) is 14.4. The average molecular weight is 421 g/mol. The largest absolute Gasteiger partial charge is 0.359 e. The van der Waals surface area contributed by atoms with E-state index in [0.717, 1.165) is 0 Å². The molecule has 0 aromatic carbocycles. The standard InChI is InChI=1S/C28H56N2/c1-4-6-8-9-10-11-12-13-14-15-16-17-18-19-20-21-22-24-28-29(3)26-27-30(28)25-23-7-5-2/h26-28H,4-25H2,1-3H3. The molecule has 30 heavy (non-hydrogen) atoms. The lowest BCUT2D eigenvalue weighted by Crippen LogP contribution is -2.36. The molecule has 0 saturated heterocycles. The van der Waals surface area contributed by atoms with Crippen molar-refractivity contribution in [3.8, 4) is 0 Å². The van der Waals surface area contributed by atoms with Crippen molar-refractivity contribution in [2.75, 3.05) is 13.6 Å². The van der Waals surface area contributed by atoms with Crippen LogP contribution in [0.25, 0.3) is 0 Å². The molecule has 0 fully saturated rings. The Balaban J connectivity index is 1.82. The van der Waals surface area contributed by atoms with Crippen LogP contribution in [0.5, 0.6) is 0 Å². The Kier molecular flexibility index (Phi) is 18.5. The predicted octanol–water partition coefficient (Wildman–Crippen LogP) is 9.26. The maximum atomic E-state index is 2.57. The first-order valence-electron chi connectivity index (χ1n) is 14.0. The number of hydrogen-bond donors (Lipinski definition) is 0. The van der Waals surface area contributed by atoms with Gasteiger partial charge in [0.15, 0.2) is 0 Å². The van der Waals surface area contributed by atoms with Crippen LogP contribution in [0.1, 0.15) is 149 Å². The van der Waals surface area contributed by atoms with Gasteiger partial charge in [0.05, 0.1) is 0 Å². The summed E-state index contributed by atoms with van der Waals surface area (Å²) in [5, 5.41) is 0. The van der Waals surface area contributed by atoms with E-state index in [0.29, 0.717) is 6.17 Å². The van der Waals surface area contributed by atoms with Gasteiger partial charge in [0.2, 0.25) is 0 Å². The molecule has 0 aliphatic carbocycles. The normalized spacial score (nSPS) is 16.2. The van der Waals surface area contributed by atoms with Gasteiger partial charge >= 0.3 is 0 Å². The molecule has 0 saturated carbocycles. The molecule has 1 atom stereocenters. The first kappa shape index (κ1) is 27.4. The maximum Gasteiger partial charge on any atom is 0.100 e. The lowest BCUT2D eigenvalue weighted by molar-refractivity contribution is 0.159. The summed E-state index contributed by atoms with van der Waals surface area (Å²) in [6.07, 6.45) is 35.3. The van der Waals surface area contributed by atoms with Gasteiger partial charge in [0, 0.05) is 26.0 Å². The van der Waals surface area contributed by atoms with Gasteiger partial charge in [-0.1, -0.05) is 129 Å². The minimum absolute atomic E-state index is 0.623. The van der Waals surface area contributed by atoms with E-state index in [9.17, 15) is 0 Å². The summed E-state index contributed by atoms with van der Waals surface area (Å²) in [6.45, 7) is 5.83. The molecular formula is C28H56N2. The molecule has 1 aliphatic rings. The quantitative estimate of drug-likeness (QED) is 0.161. The van der Waals surface area contributed by atoms with Gasteiger partial charge < -0.3 is 9.80 Å². The zero-order valence-corrected chi connectivity index (χ0v) is 21.2. The summed E-state index contributed by atoms with van der Waals surface area (Å²) in [5.41, 5.74) is 0. The third-order valence-corrected chi connectivity index (χ3v) is 6.93. The van der Waals surface area contributed by atoms with E-state index >= 15 is 0 Å². The van der Waals surface area contributed by atoms with Crippen LogP contribution in [-0.2, 0) is 0 Å². The Labute approximate surface area is 190 Å². The van der Waals surface area contributed by atoms with Crippen molar-refractivity contribution in [1.82, 2.24) is 9.80 Å². The monoisotopic (exact) mass is 420 g/mol. The molecule has 1 unspecified atom stereocenters. The Hall–Kier alpha value is -0.660. The topological polar surface area (TPSA) is 6.48 Å². The number of nitrogens with zero attached hydrogens (tertiary/aromatic N) is 2. The van der Waals surface area contributed by atoms with Crippen molar-refractivity contribution in [1.29, 1.82) is 0 Å². The van der Waals surface area contributed by atoms with Crippen molar-refractivity contribution in [2.24, 2.45) is 0 Å². The Morgan fingerprint density at radius 2 is 0.900 bits per heavy atom. The highest BCUT2D eigenvalue weighted by atomic mass is 15.4. The van der Waals surface area contributed by atoms with Gasteiger partial charge in [-0.2, -0.15) is 0 Å². The number of rotatable bonds is 22. The van der Waals surface area contributed by atoms with E-state index in [1.54, 1.807) is 0 Å². The Bertz CT molecular complexity index is 379. The maximum absolute atomic E-state index is 2.57. The van der Waals surface area contributed by atoms with Crippen LogP contribution >= 0.6 is 0 Å². The lowest BCUT2D eigenvalue weighted by atomic mass is 10.0. The SMILES string of the molecule is CCCCCCCCCCCCCCCCCCCC1N(C)C=CN1CCCCC. The van der Waals surface area contributed by atoms with Crippen LogP contribution in [0.15, 0.2) is 12.4 Å². The van der Waals surface area contributed by atoms with E-state index in [4.69, 9.17) is 0 Å².